The third kappa shape index (κ3) is 3.20. The maximum atomic E-state index is 6.29. The summed E-state index contributed by atoms with van der Waals surface area (Å²) in [5, 5.41) is 4.49. The Hall–Kier alpha value is -0.770. The number of nitrogens with zero attached hydrogens (tertiary/aromatic N) is 1. The molecule has 1 saturated heterocycles. The van der Waals surface area contributed by atoms with Crippen molar-refractivity contribution in [3.05, 3.63) is 28.3 Å². The average molecular weight is 309 g/mol. The highest BCUT2D eigenvalue weighted by Gasteiger charge is 2.27. The number of hydrogen-bond donors (Lipinski definition) is 1. The standard InChI is InChI=1S/C17H25ClN2O/c1-3-15-11-20(16(4-2)9-19-15)10-13-8-14(18)7-12-5-6-21-17(12)13/h7-8,15-16,19H,3-6,9-11H2,1-2H3. The molecule has 0 aliphatic carbocycles. The molecule has 0 saturated carbocycles. The highest BCUT2D eigenvalue weighted by molar-refractivity contribution is 6.30. The van der Waals surface area contributed by atoms with Crippen LogP contribution in [0.2, 0.25) is 5.02 Å². The van der Waals surface area contributed by atoms with Gasteiger partial charge in [0.1, 0.15) is 5.75 Å². The van der Waals surface area contributed by atoms with Gasteiger partial charge in [0.05, 0.1) is 6.61 Å². The summed E-state index contributed by atoms with van der Waals surface area (Å²) in [6.45, 7) is 8.44. The van der Waals surface area contributed by atoms with Gasteiger partial charge in [-0.05, 0) is 30.5 Å². The smallest absolute Gasteiger partial charge is 0.127 e. The van der Waals surface area contributed by atoms with E-state index in [0.29, 0.717) is 12.1 Å². The van der Waals surface area contributed by atoms with E-state index in [2.05, 4.69) is 36.2 Å². The van der Waals surface area contributed by atoms with Gasteiger partial charge in [-0.3, -0.25) is 4.90 Å². The Morgan fingerprint density at radius 1 is 1.33 bits per heavy atom. The van der Waals surface area contributed by atoms with Gasteiger partial charge in [0.15, 0.2) is 0 Å². The van der Waals surface area contributed by atoms with Crippen molar-refractivity contribution in [1.29, 1.82) is 0 Å². The molecule has 1 aromatic rings. The van der Waals surface area contributed by atoms with Crippen LogP contribution in [0.1, 0.15) is 37.8 Å². The second-order valence-electron chi connectivity index (χ2n) is 6.16. The fraction of sp³-hybridized carbons (Fsp3) is 0.647. The predicted molar refractivity (Wildman–Crippen MR) is 87.2 cm³/mol. The Bertz CT molecular complexity index is 506. The van der Waals surface area contributed by atoms with Crippen molar-refractivity contribution in [2.24, 2.45) is 0 Å². The van der Waals surface area contributed by atoms with Crippen LogP contribution in [0.25, 0.3) is 0 Å². The molecule has 2 heterocycles. The first-order valence-corrected chi connectivity index (χ1v) is 8.50. The third-order valence-corrected chi connectivity index (χ3v) is 4.99. The van der Waals surface area contributed by atoms with Crippen molar-refractivity contribution >= 4 is 11.6 Å². The summed E-state index contributed by atoms with van der Waals surface area (Å²) in [5.41, 5.74) is 2.53. The molecule has 116 valence electrons. The Kier molecular flexibility index (Phi) is 4.72. The zero-order chi connectivity index (χ0) is 14.8. The Balaban J connectivity index is 1.81. The molecule has 2 aliphatic rings. The van der Waals surface area contributed by atoms with E-state index in [1.54, 1.807) is 0 Å². The van der Waals surface area contributed by atoms with Gasteiger partial charge in [0, 0.05) is 48.7 Å². The van der Waals surface area contributed by atoms with Crippen LogP contribution in [0.4, 0.5) is 0 Å². The molecule has 0 radical (unpaired) electrons. The van der Waals surface area contributed by atoms with Gasteiger partial charge in [0.25, 0.3) is 0 Å². The van der Waals surface area contributed by atoms with Crippen LogP contribution in [0.3, 0.4) is 0 Å². The molecule has 2 atom stereocenters. The van der Waals surface area contributed by atoms with Crippen molar-refractivity contribution in [3.63, 3.8) is 0 Å². The molecule has 3 rings (SSSR count). The van der Waals surface area contributed by atoms with Crippen LogP contribution in [-0.4, -0.2) is 36.7 Å². The molecular weight excluding hydrogens is 284 g/mol. The van der Waals surface area contributed by atoms with E-state index in [0.717, 1.165) is 43.4 Å². The lowest BCUT2D eigenvalue weighted by Crippen LogP contribution is -2.55. The molecular formula is C17H25ClN2O. The van der Waals surface area contributed by atoms with Gasteiger partial charge in [-0.2, -0.15) is 0 Å². The van der Waals surface area contributed by atoms with E-state index in [4.69, 9.17) is 16.3 Å². The van der Waals surface area contributed by atoms with Crippen molar-refractivity contribution in [3.8, 4) is 5.75 Å². The van der Waals surface area contributed by atoms with Crippen LogP contribution >= 0.6 is 11.6 Å². The van der Waals surface area contributed by atoms with Gasteiger partial charge < -0.3 is 10.1 Å². The largest absolute Gasteiger partial charge is 0.493 e. The zero-order valence-corrected chi connectivity index (χ0v) is 13.7. The van der Waals surface area contributed by atoms with Gasteiger partial charge in [-0.25, -0.2) is 0 Å². The van der Waals surface area contributed by atoms with Crippen LogP contribution < -0.4 is 10.1 Å². The third-order valence-electron chi connectivity index (χ3n) is 4.78. The zero-order valence-electron chi connectivity index (χ0n) is 13.0. The maximum absolute atomic E-state index is 6.29. The second kappa shape index (κ2) is 6.55. The minimum absolute atomic E-state index is 0.598. The van der Waals surface area contributed by atoms with Gasteiger partial charge in [-0.15, -0.1) is 0 Å². The van der Waals surface area contributed by atoms with E-state index in [1.807, 2.05) is 0 Å². The summed E-state index contributed by atoms with van der Waals surface area (Å²) in [7, 11) is 0. The number of benzene rings is 1. The summed E-state index contributed by atoms with van der Waals surface area (Å²) in [4.78, 5) is 2.60. The maximum Gasteiger partial charge on any atom is 0.127 e. The first kappa shape index (κ1) is 15.1. The normalized spacial score (nSPS) is 25.7. The Labute approximate surface area is 132 Å². The van der Waals surface area contributed by atoms with Gasteiger partial charge in [-0.1, -0.05) is 25.4 Å². The fourth-order valence-electron chi connectivity index (χ4n) is 3.48. The lowest BCUT2D eigenvalue weighted by atomic mass is 10.0. The van der Waals surface area contributed by atoms with E-state index in [9.17, 15) is 0 Å². The molecule has 2 unspecified atom stereocenters. The monoisotopic (exact) mass is 308 g/mol. The first-order chi connectivity index (χ1) is 10.2. The van der Waals surface area contributed by atoms with Crippen molar-refractivity contribution < 1.29 is 4.74 Å². The van der Waals surface area contributed by atoms with E-state index < -0.39 is 0 Å². The first-order valence-electron chi connectivity index (χ1n) is 8.12. The molecule has 2 aliphatic heterocycles. The summed E-state index contributed by atoms with van der Waals surface area (Å²) < 4.78 is 5.85. The van der Waals surface area contributed by atoms with Crippen LogP contribution in [0.15, 0.2) is 12.1 Å². The number of ether oxygens (including phenoxy) is 1. The molecule has 0 aromatic heterocycles. The lowest BCUT2D eigenvalue weighted by Gasteiger charge is -2.40. The van der Waals surface area contributed by atoms with Crippen molar-refractivity contribution in [2.75, 3.05) is 19.7 Å². The summed E-state index contributed by atoms with van der Waals surface area (Å²) in [6, 6.07) is 5.34. The molecule has 1 aromatic carbocycles. The highest BCUT2D eigenvalue weighted by Crippen LogP contribution is 2.34. The van der Waals surface area contributed by atoms with Crippen molar-refractivity contribution in [1.82, 2.24) is 10.2 Å². The number of nitrogens with one attached hydrogen (secondary N) is 1. The minimum atomic E-state index is 0.598. The summed E-state index contributed by atoms with van der Waals surface area (Å²) in [5.74, 6) is 1.08. The predicted octanol–water partition coefficient (Wildman–Crippen LogP) is 3.24. The molecule has 21 heavy (non-hydrogen) atoms. The quantitative estimate of drug-likeness (QED) is 0.924. The molecule has 1 N–H and O–H groups in total. The minimum Gasteiger partial charge on any atom is -0.493 e. The second-order valence-corrected chi connectivity index (χ2v) is 6.59. The molecule has 4 heteroatoms. The molecule has 3 nitrogen and oxygen atoms in total. The molecule has 0 amide bonds. The summed E-state index contributed by atoms with van der Waals surface area (Å²) >= 11 is 6.29. The Morgan fingerprint density at radius 2 is 2.19 bits per heavy atom. The fourth-order valence-corrected chi connectivity index (χ4v) is 3.74. The number of halogens is 1. The lowest BCUT2D eigenvalue weighted by molar-refractivity contribution is 0.116. The van der Waals surface area contributed by atoms with Crippen molar-refractivity contribution in [2.45, 2.75) is 51.7 Å². The van der Waals surface area contributed by atoms with Crippen LogP contribution in [0, 0.1) is 0 Å². The number of fused-ring (bicyclic) bond motifs is 1. The van der Waals surface area contributed by atoms with Crippen LogP contribution in [-0.2, 0) is 13.0 Å². The van der Waals surface area contributed by atoms with E-state index in [-0.39, 0.29) is 0 Å². The highest BCUT2D eigenvalue weighted by atomic mass is 35.5. The number of rotatable bonds is 4. The van der Waals surface area contributed by atoms with E-state index >= 15 is 0 Å². The van der Waals surface area contributed by atoms with Gasteiger partial charge in [0.2, 0.25) is 0 Å². The molecule has 1 fully saturated rings. The molecule has 0 bridgehead atoms. The van der Waals surface area contributed by atoms with Crippen LogP contribution in [0.5, 0.6) is 5.75 Å². The van der Waals surface area contributed by atoms with E-state index in [1.165, 1.54) is 24.0 Å². The SMILES string of the molecule is CCC1CN(Cc2cc(Cl)cc3c2OCC3)C(CC)CN1. The number of piperazine rings is 1. The number of hydrogen-bond acceptors (Lipinski definition) is 3. The molecule has 0 spiro atoms. The topological polar surface area (TPSA) is 24.5 Å². The van der Waals surface area contributed by atoms with Gasteiger partial charge >= 0.3 is 0 Å². The summed E-state index contributed by atoms with van der Waals surface area (Å²) in [6.07, 6.45) is 3.34. The average Bonchev–Trinajstić information content (AvgIpc) is 2.95. The Morgan fingerprint density at radius 3 is 2.95 bits per heavy atom.